The van der Waals surface area contributed by atoms with E-state index < -0.39 is 0 Å². The summed E-state index contributed by atoms with van der Waals surface area (Å²) in [6.45, 7) is 6.19. The predicted molar refractivity (Wildman–Crippen MR) is 95.2 cm³/mol. The lowest BCUT2D eigenvalue weighted by molar-refractivity contribution is -0.138. The molecule has 2 aliphatic rings. The molecule has 6 heteroatoms. The first kappa shape index (κ1) is 18.0. The van der Waals surface area contributed by atoms with E-state index in [1.165, 1.54) is 12.8 Å². The lowest BCUT2D eigenvalue weighted by Crippen LogP contribution is -2.57. The number of likely N-dealkylation sites (N-methyl/N-ethyl adjacent to an activating group) is 1. The monoisotopic (exact) mass is 347 g/mol. The van der Waals surface area contributed by atoms with E-state index in [0.29, 0.717) is 25.3 Å². The Balaban J connectivity index is 1.69. The lowest BCUT2D eigenvalue weighted by atomic mass is 10.0. The summed E-state index contributed by atoms with van der Waals surface area (Å²) in [6.07, 6.45) is 5.12. The van der Waals surface area contributed by atoms with E-state index in [1.807, 2.05) is 13.1 Å². The van der Waals surface area contributed by atoms with Crippen molar-refractivity contribution in [2.45, 2.75) is 51.6 Å². The zero-order valence-electron chi connectivity index (χ0n) is 15.4. The molecule has 2 amide bonds. The SMILES string of the molecule is CCCCC1C(=O)N(C)CCN1C(=O)c1ccc(CN2CCCC2)o1. The van der Waals surface area contributed by atoms with Crippen LogP contribution in [-0.4, -0.2) is 65.8 Å². The van der Waals surface area contributed by atoms with E-state index in [0.717, 1.165) is 38.2 Å². The molecule has 0 bridgehead atoms. The zero-order chi connectivity index (χ0) is 17.8. The first-order valence-electron chi connectivity index (χ1n) is 9.47. The van der Waals surface area contributed by atoms with E-state index in [9.17, 15) is 9.59 Å². The second-order valence-corrected chi connectivity index (χ2v) is 7.17. The molecule has 0 aromatic carbocycles. The summed E-state index contributed by atoms with van der Waals surface area (Å²) < 4.78 is 5.82. The molecule has 0 aliphatic carbocycles. The number of carbonyl (C=O) groups is 2. The second kappa shape index (κ2) is 8.04. The van der Waals surface area contributed by atoms with Gasteiger partial charge in [-0.3, -0.25) is 14.5 Å². The van der Waals surface area contributed by atoms with Gasteiger partial charge < -0.3 is 14.2 Å². The van der Waals surface area contributed by atoms with Crippen molar-refractivity contribution in [2.24, 2.45) is 0 Å². The molecule has 0 radical (unpaired) electrons. The van der Waals surface area contributed by atoms with Crippen molar-refractivity contribution in [3.05, 3.63) is 23.7 Å². The van der Waals surface area contributed by atoms with Crippen LogP contribution in [0.3, 0.4) is 0 Å². The fourth-order valence-electron chi connectivity index (χ4n) is 3.71. The van der Waals surface area contributed by atoms with E-state index >= 15 is 0 Å². The smallest absolute Gasteiger partial charge is 0.290 e. The molecule has 0 saturated carbocycles. The van der Waals surface area contributed by atoms with E-state index in [4.69, 9.17) is 4.42 Å². The minimum Gasteiger partial charge on any atom is -0.455 e. The topological polar surface area (TPSA) is 57.0 Å². The van der Waals surface area contributed by atoms with Crippen LogP contribution in [0.15, 0.2) is 16.5 Å². The molecule has 138 valence electrons. The Bertz CT molecular complexity index is 607. The summed E-state index contributed by atoms with van der Waals surface area (Å²) in [6, 6.07) is 3.29. The van der Waals surface area contributed by atoms with Crippen LogP contribution in [0.25, 0.3) is 0 Å². The van der Waals surface area contributed by atoms with Gasteiger partial charge in [0.25, 0.3) is 5.91 Å². The van der Waals surface area contributed by atoms with Crippen molar-refractivity contribution in [2.75, 3.05) is 33.2 Å². The van der Waals surface area contributed by atoms with Crippen molar-refractivity contribution in [1.29, 1.82) is 0 Å². The summed E-state index contributed by atoms with van der Waals surface area (Å²) in [5.74, 6) is 1.07. The molecule has 2 aliphatic heterocycles. The average Bonchev–Trinajstić information content (AvgIpc) is 3.28. The number of amides is 2. The summed E-state index contributed by atoms with van der Waals surface area (Å²) in [5.41, 5.74) is 0. The van der Waals surface area contributed by atoms with Gasteiger partial charge in [-0.2, -0.15) is 0 Å². The highest BCUT2D eigenvalue weighted by Crippen LogP contribution is 2.21. The summed E-state index contributed by atoms with van der Waals surface area (Å²) in [7, 11) is 1.81. The molecule has 1 aromatic rings. The van der Waals surface area contributed by atoms with Crippen molar-refractivity contribution in [3.63, 3.8) is 0 Å². The fourth-order valence-corrected chi connectivity index (χ4v) is 3.71. The Morgan fingerprint density at radius 3 is 2.68 bits per heavy atom. The number of rotatable bonds is 6. The van der Waals surface area contributed by atoms with Gasteiger partial charge in [-0.25, -0.2) is 0 Å². The number of nitrogens with zero attached hydrogens (tertiary/aromatic N) is 3. The highest BCUT2D eigenvalue weighted by atomic mass is 16.4. The van der Waals surface area contributed by atoms with E-state index in [-0.39, 0.29) is 17.9 Å². The second-order valence-electron chi connectivity index (χ2n) is 7.17. The number of piperazine rings is 1. The standard InChI is InChI=1S/C19H29N3O3/c1-3-4-7-16-18(23)20(2)12-13-22(16)19(24)17-9-8-15(25-17)14-21-10-5-6-11-21/h8-9,16H,3-7,10-14H2,1-2H3. The summed E-state index contributed by atoms with van der Waals surface area (Å²) in [5, 5.41) is 0. The quantitative estimate of drug-likeness (QED) is 0.793. The first-order chi connectivity index (χ1) is 12.1. The Morgan fingerprint density at radius 1 is 1.20 bits per heavy atom. The largest absolute Gasteiger partial charge is 0.455 e. The predicted octanol–water partition coefficient (Wildman–Crippen LogP) is 2.35. The van der Waals surface area contributed by atoms with Gasteiger partial charge in [-0.15, -0.1) is 0 Å². The molecule has 0 spiro atoms. The number of likely N-dealkylation sites (tertiary alicyclic amines) is 1. The Morgan fingerprint density at radius 2 is 1.96 bits per heavy atom. The van der Waals surface area contributed by atoms with E-state index in [1.54, 1.807) is 15.9 Å². The number of furan rings is 1. The number of hydrogen-bond donors (Lipinski definition) is 0. The van der Waals surface area contributed by atoms with Crippen LogP contribution in [0.5, 0.6) is 0 Å². The van der Waals surface area contributed by atoms with Gasteiger partial charge in [0.1, 0.15) is 11.8 Å². The zero-order valence-corrected chi connectivity index (χ0v) is 15.4. The van der Waals surface area contributed by atoms with Crippen LogP contribution in [0, 0.1) is 0 Å². The maximum Gasteiger partial charge on any atom is 0.290 e. The maximum atomic E-state index is 12.9. The molecule has 1 atom stereocenters. The van der Waals surface area contributed by atoms with Crippen molar-refractivity contribution < 1.29 is 14.0 Å². The number of carbonyl (C=O) groups excluding carboxylic acids is 2. The van der Waals surface area contributed by atoms with Crippen LogP contribution in [-0.2, 0) is 11.3 Å². The Labute approximate surface area is 149 Å². The fraction of sp³-hybridized carbons (Fsp3) is 0.684. The van der Waals surface area contributed by atoms with Gasteiger partial charge in [0.2, 0.25) is 5.91 Å². The van der Waals surface area contributed by atoms with Gasteiger partial charge >= 0.3 is 0 Å². The van der Waals surface area contributed by atoms with Crippen LogP contribution in [0.2, 0.25) is 0 Å². The molecule has 1 aromatic heterocycles. The van der Waals surface area contributed by atoms with Crippen molar-refractivity contribution in [1.82, 2.24) is 14.7 Å². The Kier molecular flexibility index (Phi) is 5.78. The molecule has 25 heavy (non-hydrogen) atoms. The van der Waals surface area contributed by atoms with Gasteiger partial charge in [0, 0.05) is 20.1 Å². The van der Waals surface area contributed by atoms with Crippen molar-refractivity contribution in [3.8, 4) is 0 Å². The van der Waals surface area contributed by atoms with Gasteiger partial charge in [-0.05, 0) is 44.5 Å². The van der Waals surface area contributed by atoms with Crippen molar-refractivity contribution >= 4 is 11.8 Å². The maximum absolute atomic E-state index is 12.9. The van der Waals surface area contributed by atoms with Crippen LogP contribution < -0.4 is 0 Å². The number of hydrogen-bond acceptors (Lipinski definition) is 4. The Hall–Kier alpha value is -1.82. The van der Waals surface area contributed by atoms with Gasteiger partial charge in [0.15, 0.2) is 5.76 Å². The molecule has 6 nitrogen and oxygen atoms in total. The lowest BCUT2D eigenvalue weighted by Gasteiger charge is -2.38. The normalized spacial score (nSPS) is 22.0. The molecule has 0 N–H and O–H groups in total. The van der Waals surface area contributed by atoms with Gasteiger partial charge in [0.05, 0.1) is 6.54 Å². The minimum atomic E-state index is -0.363. The third-order valence-electron chi connectivity index (χ3n) is 5.26. The molecular weight excluding hydrogens is 318 g/mol. The summed E-state index contributed by atoms with van der Waals surface area (Å²) in [4.78, 5) is 31.2. The molecule has 3 heterocycles. The third kappa shape index (κ3) is 4.06. The van der Waals surface area contributed by atoms with Crippen LogP contribution in [0.4, 0.5) is 0 Å². The van der Waals surface area contributed by atoms with Crippen LogP contribution in [0.1, 0.15) is 55.3 Å². The molecule has 2 saturated heterocycles. The average molecular weight is 347 g/mol. The van der Waals surface area contributed by atoms with Crippen LogP contribution >= 0.6 is 0 Å². The molecular formula is C19H29N3O3. The molecule has 1 unspecified atom stereocenters. The molecule has 2 fully saturated rings. The molecule has 3 rings (SSSR count). The highest BCUT2D eigenvalue weighted by Gasteiger charge is 2.36. The number of unbranched alkanes of at least 4 members (excludes halogenated alkanes) is 1. The minimum absolute atomic E-state index is 0.0388. The summed E-state index contributed by atoms with van der Waals surface area (Å²) >= 11 is 0. The first-order valence-corrected chi connectivity index (χ1v) is 9.47. The van der Waals surface area contributed by atoms with Gasteiger partial charge in [-0.1, -0.05) is 19.8 Å². The highest BCUT2D eigenvalue weighted by molar-refractivity contribution is 5.96. The van der Waals surface area contributed by atoms with E-state index in [2.05, 4.69) is 11.8 Å². The third-order valence-corrected chi connectivity index (χ3v) is 5.26.